The monoisotopic (exact) mass is 422 g/mol. The zero-order chi connectivity index (χ0) is 20.3. The van der Waals surface area contributed by atoms with Crippen molar-refractivity contribution in [1.82, 2.24) is 9.21 Å². The fraction of sp³-hybridized carbons (Fsp3) is 0.350. The van der Waals surface area contributed by atoms with E-state index in [1.807, 2.05) is 23.1 Å². The average Bonchev–Trinajstić information content (AvgIpc) is 2.68. The Balaban J connectivity index is 1.59. The van der Waals surface area contributed by atoms with Crippen LogP contribution in [0.2, 0.25) is 5.02 Å². The van der Waals surface area contributed by atoms with Gasteiger partial charge in [0, 0.05) is 30.2 Å². The molecule has 8 heteroatoms. The van der Waals surface area contributed by atoms with Crippen LogP contribution in [0.3, 0.4) is 0 Å². The van der Waals surface area contributed by atoms with Crippen molar-refractivity contribution in [1.29, 1.82) is 0 Å². The first-order valence-electron chi connectivity index (χ1n) is 9.17. The van der Waals surface area contributed by atoms with E-state index in [9.17, 15) is 13.2 Å². The summed E-state index contributed by atoms with van der Waals surface area (Å²) in [6.45, 7) is 3.97. The van der Waals surface area contributed by atoms with Crippen molar-refractivity contribution in [2.24, 2.45) is 0 Å². The number of quaternary nitrogens is 1. The molecule has 1 heterocycles. The van der Waals surface area contributed by atoms with Crippen LogP contribution in [0, 0.1) is 0 Å². The van der Waals surface area contributed by atoms with Gasteiger partial charge in [0.15, 0.2) is 0 Å². The van der Waals surface area contributed by atoms with E-state index in [1.54, 1.807) is 12.1 Å². The second-order valence-corrected chi connectivity index (χ2v) is 9.75. The summed E-state index contributed by atoms with van der Waals surface area (Å²) in [5, 5.41) is 0.741. The summed E-state index contributed by atoms with van der Waals surface area (Å²) in [4.78, 5) is 16.2. The van der Waals surface area contributed by atoms with Gasteiger partial charge in [-0.15, -0.1) is 0 Å². The number of sulfonamides is 1. The quantitative estimate of drug-likeness (QED) is 0.785. The van der Waals surface area contributed by atoms with E-state index in [0.29, 0.717) is 18.7 Å². The minimum atomic E-state index is -3.49. The fourth-order valence-electron chi connectivity index (χ4n) is 3.30. The highest BCUT2D eigenvalue weighted by Gasteiger charge is 2.25. The van der Waals surface area contributed by atoms with Crippen LogP contribution in [0.5, 0.6) is 0 Å². The molecule has 1 amide bonds. The van der Waals surface area contributed by atoms with E-state index in [4.69, 9.17) is 11.6 Å². The van der Waals surface area contributed by atoms with Crippen LogP contribution in [0.1, 0.15) is 15.9 Å². The minimum absolute atomic E-state index is 0.0596. The van der Waals surface area contributed by atoms with Crippen LogP contribution in [0.25, 0.3) is 0 Å². The highest BCUT2D eigenvalue weighted by Crippen LogP contribution is 2.15. The first kappa shape index (κ1) is 20.8. The molecule has 0 saturated carbocycles. The molecule has 28 heavy (non-hydrogen) atoms. The lowest BCUT2D eigenvalue weighted by molar-refractivity contribution is -0.917. The Morgan fingerprint density at radius 3 is 2.32 bits per heavy atom. The number of amides is 1. The first-order valence-corrected chi connectivity index (χ1v) is 11.0. The van der Waals surface area contributed by atoms with Gasteiger partial charge < -0.3 is 9.80 Å². The zero-order valence-corrected chi connectivity index (χ0v) is 17.6. The van der Waals surface area contributed by atoms with E-state index in [-0.39, 0.29) is 10.8 Å². The molecule has 1 aliphatic heterocycles. The van der Waals surface area contributed by atoms with Gasteiger partial charge >= 0.3 is 0 Å². The summed E-state index contributed by atoms with van der Waals surface area (Å²) in [5.74, 6) is -0.0596. The molecule has 6 nitrogen and oxygen atoms in total. The summed E-state index contributed by atoms with van der Waals surface area (Å²) in [5.41, 5.74) is 1.70. The summed E-state index contributed by atoms with van der Waals surface area (Å²) in [7, 11) is -0.517. The smallest absolute Gasteiger partial charge is 0.254 e. The van der Waals surface area contributed by atoms with Gasteiger partial charge in [-0.1, -0.05) is 23.7 Å². The topological polar surface area (TPSA) is 62.1 Å². The Kier molecular flexibility index (Phi) is 6.40. The van der Waals surface area contributed by atoms with E-state index in [2.05, 4.69) is 6.07 Å². The largest absolute Gasteiger partial charge is 0.328 e. The van der Waals surface area contributed by atoms with Crippen molar-refractivity contribution in [3.63, 3.8) is 0 Å². The number of hydrogen-bond donors (Lipinski definition) is 1. The molecular weight excluding hydrogens is 398 g/mol. The van der Waals surface area contributed by atoms with Gasteiger partial charge in [-0.05, 0) is 36.4 Å². The maximum absolute atomic E-state index is 12.7. The number of hydrogen-bond acceptors (Lipinski definition) is 3. The Bertz CT molecular complexity index is 937. The summed E-state index contributed by atoms with van der Waals surface area (Å²) in [6.07, 6.45) is 0. The molecule has 0 aliphatic carbocycles. The number of rotatable bonds is 5. The number of halogens is 1. The third kappa shape index (κ3) is 4.72. The average molecular weight is 423 g/mol. The molecule has 0 unspecified atom stereocenters. The Labute approximate surface area is 171 Å². The number of carbonyl (C=O) groups excluding carboxylic acids is 1. The molecule has 1 fully saturated rings. The van der Waals surface area contributed by atoms with Gasteiger partial charge in [0.05, 0.1) is 31.1 Å². The maximum Gasteiger partial charge on any atom is 0.254 e. The number of carbonyl (C=O) groups is 1. The van der Waals surface area contributed by atoms with E-state index < -0.39 is 10.0 Å². The van der Waals surface area contributed by atoms with E-state index >= 15 is 0 Å². The number of nitrogens with zero attached hydrogens (tertiary/aromatic N) is 2. The van der Waals surface area contributed by atoms with Crippen LogP contribution in [0.15, 0.2) is 53.4 Å². The van der Waals surface area contributed by atoms with Crippen LogP contribution in [0.4, 0.5) is 0 Å². The summed E-state index contributed by atoms with van der Waals surface area (Å²) >= 11 is 6.05. The van der Waals surface area contributed by atoms with Crippen molar-refractivity contribution >= 4 is 27.5 Å². The van der Waals surface area contributed by atoms with E-state index in [1.165, 1.54) is 36.7 Å². The molecule has 150 valence electrons. The number of nitrogens with one attached hydrogen (secondary N) is 1. The lowest BCUT2D eigenvalue weighted by Gasteiger charge is -2.32. The third-order valence-corrected chi connectivity index (χ3v) is 7.05. The predicted molar refractivity (Wildman–Crippen MR) is 109 cm³/mol. The van der Waals surface area contributed by atoms with Crippen molar-refractivity contribution in [3.05, 3.63) is 64.7 Å². The van der Waals surface area contributed by atoms with Gasteiger partial charge in [0.1, 0.15) is 6.54 Å². The normalized spacial score (nSPS) is 15.8. The molecule has 0 aromatic heterocycles. The molecule has 1 saturated heterocycles. The van der Waals surface area contributed by atoms with Gasteiger partial charge in [-0.2, -0.15) is 0 Å². The Morgan fingerprint density at radius 2 is 1.75 bits per heavy atom. The Hall–Kier alpha value is -1.93. The second kappa shape index (κ2) is 8.61. The number of benzene rings is 2. The summed E-state index contributed by atoms with van der Waals surface area (Å²) in [6, 6.07) is 14.0. The van der Waals surface area contributed by atoms with Gasteiger partial charge in [-0.25, -0.2) is 12.7 Å². The van der Waals surface area contributed by atoms with Crippen LogP contribution in [-0.2, 0) is 16.6 Å². The van der Waals surface area contributed by atoms with Crippen molar-refractivity contribution in [2.45, 2.75) is 11.4 Å². The van der Waals surface area contributed by atoms with Crippen molar-refractivity contribution < 1.29 is 18.1 Å². The maximum atomic E-state index is 12.7. The first-order chi connectivity index (χ1) is 13.3. The zero-order valence-electron chi connectivity index (χ0n) is 16.1. The molecule has 0 spiro atoms. The highest BCUT2D eigenvalue weighted by molar-refractivity contribution is 7.89. The molecule has 1 N–H and O–H groups in total. The van der Waals surface area contributed by atoms with Crippen LogP contribution < -0.4 is 4.90 Å². The third-order valence-electron chi connectivity index (χ3n) is 4.98. The molecule has 2 aromatic carbocycles. The van der Waals surface area contributed by atoms with Crippen LogP contribution in [-0.4, -0.2) is 63.8 Å². The number of piperazine rings is 1. The fourth-order valence-corrected chi connectivity index (χ4v) is 4.42. The molecule has 0 atom stereocenters. The van der Waals surface area contributed by atoms with Crippen molar-refractivity contribution in [2.75, 3.05) is 40.3 Å². The Morgan fingerprint density at radius 1 is 1.11 bits per heavy atom. The minimum Gasteiger partial charge on any atom is -0.328 e. The SMILES string of the molecule is CN(C)S(=O)(=O)c1ccc(C(=O)N2CC[NH+](Cc3cccc(Cl)c3)CC2)cc1. The second-order valence-electron chi connectivity index (χ2n) is 7.16. The van der Waals surface area contributed by atoms with E-state index in [0.717, 1.165) is 29.0 Å². The molecule has 0 radical (unpaired) electrons. The molecule has 1 aliphatic rings. The lowest BCUT2D eigenvalue weighted by atomic mass is 10.1. The molecule has 2 aromatic rings. The van der Waals surface area contributed by atoms with Crippen LogP contribution >= 0.6 is 11.6 Å². The van der Waals surface area contributed by atoms with Gasteiger partial charge in [-0.3, -0.25) is 4.79 Å². The lowest BCUT2D eigenvalue weighted by Crippen LogP contribution is -3.13. The van der Waals surface area contributed by atoms with Gasteiger partial charge in [0.25, 0.3) is 5.91 Å². The highest BCUT2D eigenvalue weighted by atomic mass is 35.5. The predicted octanol–water partition coefficient (Wildman–Crippen LogP) is 1.13. The molecular formula is C20H25ClN3O3S+. The summed E-state index contributed by atoms with van der Waals surface area (Å²) < 4.78 is 25.4. The molecule has 3 rings (SSSR count). The van der Waals surface area contributed by atoms with Crippen molar-refractivity contribution in [3.8, 4) is 0 Å². The molecule has 0 bridgehead atoms. The van der Waals surface area contributed by atoms with Gasteiger partial charge in [0.2, 0.25) is 10.0 Å². The standard InChI is InChI=1S/C20H24ClN3O3S/c1-22(2)28(26,27)19-8-6-17(7-9-19)20(25)24-12-10-23(11-13-24)15-16-4-3-5-18(21)14-16/h3-9,14H,10-13,15H2,1-2H3/p+1.